The second-order valence-corrected chi connectivity index (χ2v) is 8.76. The minimum absolute atomic E-state index is 0.0978. The lowest BCUT2D eigenvalue weighted by molar-refractivity contribution is -0.141. The third-order valence-corrected chi connectivity index (χ3v) is 7.00. The van der Waals surface area contributed by atoms with Crippen molar-refractivity contribution in [1.82, 2.24) is 15.2 Å². The van der Waals surface area contributed by atoms with Crippen LogP contribution in [0.15, 0.2) is 12.1 Å². The van der Waals surface area contributed by atoms with Crippen LogP contribution >= 0.6 is 11.6 Å². The molecule has 1 aliphatic carbocycles. The zero-order valence-corrected chi connectivity index (χ0v) is 16.4. The Bertz CT molecular complexity index is 730. The van der Waals surface area contributed by atoms with Crippen molar-refractivity contribution in [1.29, 1.82) is 0 Å². The summed E-state index contributed by atoms with van der Waals surface area (Å²) < 4.78 is 27.2. The lowest BCUT2D eigenvalue weighted by Crippen LogP contribution is -2.50. The Hall–Kier alpha value is -1.27. The molecule has 148 valence electrons. The van der Waals surface area contributed by atoms with E-state index >= 15 is 0 Å². The van der Waals surface area contributed by atoms with Crippen LogP contribution in [0.1, 0.15) is 43.9 Å². The van der Waals surface area contributed by atoms with Gasteiger partial charge >= 0.3 is 0 Å². The second-order valence-electron chi connectivity index (χ2n) is 8.38. The SMILES string of the molecule is CC(F)(F)C1CCN(C(=O)[C@@H]2CNC[C@]23CCCc2nc(Cl)ccc23)CC1. The highest BCUT2D eigenvalue weighted by atomic mass is 35.5. The Morgan fingerprint density at radius 1 is 1.37 bits per heavy atom. The lowest BCUT2D eigenvalue weighted by Gasteiger charge is -2.42. The zero-order valence-electron chi connectivity index (χ0n) is 15.6. The molecule has 3 aliphatic rings. The predicted molar refractivity (Wildman–Crippen MR) is 100 cm³/mol. The molecule has 0 aromatic carbocycles. The van der Waals surface area contributed by atoms with E-state index < -0.39 is 11.8 Å². The summed E-state index contributed by atoms with van der Waals surface area (Å²) in [5.41, 5.74) is 1.88. The Morgan fingerprint density at radius 3 is 2.81 bits per heavy atom. The number of pyridine rings is 1. The standard InChI is InChI=1S/C20H26ClF2N3O/c1-19(22,23)13-6-9-26(10-7-13)18(27)15-11-24-12-20(15)8-2-3-16-14(20)4-5-17(21)25-16/h4-5,13,15,24H,2-3,6-12H2,1H3/t15-,20-/m0/s1. The molecule has 0 unspecified atom stereocenters. The van der Waals surface area contributed by atoms with E-state index in [1.54, 1.807) is 4.90 Å². The number of nitrogens with one attached hydrogen (secondary N) is 1. The third-order valence-electron chi connectivity index (χ3n) is 6.79. The first-order valence-corrected chi connectivity index (χ1v) is 10.2. The number of likely N-dealkylation sites (tertiary alicyclic amines) is 1. The van der Waals surface area contributed by atoms with E-state index in [1.165, 1.54) is 0 Å². The van der Waals surface area contributed by atoms with Gasteiger partial charge in [-0.25, -0.2) is 13.8 Å². The van der Waals surface area contributed by atoms with Crippen molar-refractivity contribution in [2.45, 2.75) is 50.4 Å². The van der Waals surface area contributed by atoms with E-state index in [-0.39, 0.29) is 17.2 Å². The van der Waals surface area contributed by atoms with Crippen molar-refractivity contribution in [3.8, 4) is 0 Å². The molecule has 3 heterocycles. The van der Waals surface area contributed by atoms with Crippen LogP contribution in [0.2, 0.25) is 5.15 Å². The first-order valence-electron chi connectivity index (χ1n) is 9.84. The van der Waals surface area contributed by atoms with Crippen LogP contribution in [-0.2, 0) is 16.6 Å². The number of alkyl halides is 2. The summed E-state index contributed by atoms with van der Waals surface area (Å²) in [4.78, 5) is 19.7. The fraction of sp³-hybridized carbons (Fsp3) is 0.700. The van der Waals surface area contributed by atoms with Crippen LogP contribution in [0.4, 0.5) is 8.78 Å². The number of rotatable bonds is 2. The number of aryl methyl sites for hydroxylation is 1. The van der Waals surface area contributed by atoms with E-state index in [2.05, 4.69) is 10.3 Å². The van der Waals surface area contributed by atoms with Gasteiger partial charge in [0.05, 0.1) is 5.92 Å². The first-order chi connectivity index (χ1) is 12.8. The number of fused-ring (bicyclic) bond motifs is 2. The predicted octanol–water partition coefficient (Wildman–Crippen LogP) is 3.42. The van der Waals surface area contributed by atoms with E-state index in [1.807, 2.05) is 12.1 Å². The topological polar surface area (TPSA) is 45.2 Å². The molecule has 2 saturated heterocycles. The number of hydrogen-bond acceptors (Lipinski definition) is 3. The van der Waals surface area contributed by atoms with E-state index in [0.717, 1.165) is 44.0 Å². The summed E-state index contributed by atoms with van der Waals surface area (Å²) in [7, 11) is 0. The molecule has 27 heavy (non-hydrogen) atoms. The Kier molecular flexibility index (Phi) is 4.91. The lowest BCUT2D eigenvalue weighted by atomic mass is 9.65. The summed E-state index contributed by atoms with van der Waals surface area (Å²) in [5.74, 6) is -3.36. The van der Waals surface area contributed by atoms with Gasteiger partial charge in [-0.3, -0.25) is 4.79 Å². The fourth-order valence-electron chi connectivity index (χ4n) is 5.28. The van der Waals surface area contributed by atoms with Gasteiger partial charge in [0.1, 0.15) is 5.15 Å². The van der Waals surface area contributed by atoms with Crippen molar-refractivity contribution < 1.29 is 13.6 Å². The van der Waals surface area contributed by atoms with Gasteiger partial charge in [-0.2, -0.15) is 0 Å². The molecule has 1 N–H and O–H groups in total. The van der Waals surface area contributed by atoms with E-state index in [0.29, 0.717) is 37.6 Å². The molecule has 0 radical (unpaired) electrons. The summed E-state index contributed by atoms with van der Waals surface area (Å²) in [6, 6.07) is 3.84. The van der Waals surface area contributed by atoms with Crippen LogP contribution in [0.3, 0.4) is 0 Å². The maximum absolute atomic E-state index is 13.6. The summed E-state index contributed by atoms with van der Waals surface area (Å²) in [6.07, 6.45) is 3.55. The highest BCUT2D eigenvalue weighted by Gasteiger charge is 2.51. The second kappa shape index (κ2) is 6.96. The van der Waals surface area contributed by atoms with Gasteiger partial charge in [0.25, 0.3) is 0 Å². The zero-order chi connectivity index (χ0) is 19.2. The molecule has 2 atom stereocenters. The summed E-state index contributed by atoms with van der Waals surface area (Å²) in [5, 5.41) is 3.90. The van der Waals surface area contributed by atoms with Gasteiger partial charge < -0.3 is 10.2 Å². The molecular formula is C20H26ClF2N3O. The molecule has 2 aliphatic heterocycles. The summed E-state index contributed by atoms with van der Waals surface area (Å²) in [6.45, 7) is 3.21. The van der Waals surface area contributed by atoms with Gasteiger partial charge in [0, 0.05) is 43.2 Å². The summed E-state index contributed by atoms with van der Waals surface area (Å²) >= 11 is 6.08. The molecule has 1 aromatic heterocycles. The number of nitrogens with zero attached hydrogens (tertiary/aromatic N) is 2. The smallest absolute Gasteiger partial charge is 0.248 e. The van der Waals surface area contributed by atoms with Crippen LogP contribution < -0.4 is 5.32 Å². The van der Waals surface area contributed by atoms with Gasteiger partial charge in [0.2, 0.25) is 11.8 Å². The minimum atomic E-state index is -2.67. The first kappa shape index (κ1) is 19.1. The quantitative estimate of drug-likeness (QED) is 0.778. The normalized spacial score (nSPS) is 29.2. The van der Waals surface area contributed by atoms with Crippen molar-refractivity contribution >= 4 is 17.5 Å². The minimum Gasteiger partial charge on any atom is -0.342 e. The molecule has 4 rings (SSSR count). The largest absolute Gasteiger partial charge is 0.342 e. The van der Waals surface area contributed by atoms with Crippen LogP contribution in [0.5, 0.6) is 0 Å². The molecule has 1 amide bonds. The Balaban J connectivity index is 1.56. The number of piperidine rings is 1. The number of amides is 1. The number of aromatic nitrogens is 1. The number of halogens is 3. The van der Waals surface area contributed by atoms with Gasteiger partial charge in [0.15, 0.2) is 0 Å². The molecule has 4 nitrogen and oxygen atoms in total. The molecule has 7 heteroatoms. The average Bonchev–Trinajstić information content (AvgIpc) is 3.04. The molecule has 1 spiro atoms. The maximum Gasteiger partial charge on any atom is 0.248 e. The number of carbonyl (C=O) groups is 1. The monoisotopic (exact) mass is 397 g/mol. The van der Waals surface area contributed by atoms with Crippen molar-refractivity contribution in [3.05, 3.63) is 28.5 Å². The van der Waals surface area contributed by atoms with Crippen molar-refractivity contribution in [2.75, 3.05) is 26.2 Å². The number of carbonyl (C=O) groups excluding carboxylic acids is 1. The van der Waals surface area contributed by atoms with Crippen LogP contribution in [0.25, 0.3) is 0 Å². The third kappa shape index (κ3) is 3.35. The number of hydrogen-bond donors (Lipinski definition) is 1. The van der Waals surface area contributed by atoms with Gasteiger partial charge in [-0.15, -0.1) is 0 Å². The Morgan fingerprint density at radius 2 is 2.11 bits per heavy atom. The van der Waals surface area contributed by atoms with Crippen LogP contribution in [0, 0.1) is 11.8 Å². The van der Waals surface area contributed by atoms with Crippen molar-refractivity contribution in [3.63, 3.8) is 0 Å². The van der Waals surface area contributed by atoms with Gasteiger partial charge in [-0.1, -0.05) is 17.7 Å². The molecule has 1 aromatic rings. The van der Waals surface area contributed by atoms with Crippen molar-refractivity contribution in [2.24, 2.45) is 11.8 Å². The van der Waals surface area contributed by atoms with Gasteiger partial charge in [-0.05, 0) is 50.7 Å². The molecule has 0 bridgehead atoms. The van der Waals surface area contributed by atoms with E-state index in [9.17, 15) is 13.6 Å². The molecule has 0 saturated carbocycles. The highest BCUT2D eigenvalue weighted by Crippen LogP contribution is 2.46. The van der Waals surface area contributed by atoms with E-state index in [4.69, 9.17) is 11.6 Å². The fourth-order valence-corrected chi connectivity index (χ4v) is 5.44. The Labute approximate surface area is 163 Å². The van der Waals surface area contributed by atoms with Crippen LogP contribution in [-0.4, -0.2) is 47.9 Å². The molecule has 2 fully saturated rings. The maximum atomic E-state index is 13.6. The average molecular weight is 398 g/mol. The molecular weight excluding hydrogens is 372 g/mol. The highest BCUT2D eigenvalue weighted by molar-refractivity contribution is 6.29.